The van der Waals surface area contributed by atoms with E-state index in [-0.39, 0.29) is 11.0 Å². The van der Waals surface area contributed by atoms with Gasteiger partial charge in [-0.25, -0.2) is 0 Å². The molecule has 17 heavy (non-hydrogen) atoms. The highest BCUT2D eigenvalue weighted by Crippen LogP contribution is 2.42. The number of hydrogen-bond donors (Lipinski definition) is 1. The number of benzene rings is 1. The number of allylic oxidation sites excluding steroid dienone is 1. The minimum atomic E-state index is -0.145. The Bertz CT molecular complexity index is 513. The molecule has 1 aliphatic heterocycles. The Morgan fingerprint density at radius 1 is 1.47 bits per heavy atom. The Labute approximate surface area is 109 Å². The van der Waals surface area contributed by atoms with E-state index in [4.69, 9.17) is 22.1 Å². The van der Waals surface area contributed by atoms with Crippen molar-refractivity contribution in [3.63, 3.8) is 0 Å². The molecule has 1 aliphatic rings. The molecule has 0 bridgehead atoms. The van der Waals surface area contributed by atoms with Gasteiger partial charge < -0.3 is 10.5 Å². The molecule has 1 atom stereocenters. The van der Waals surface area contributed by atoms with Gasteiger partial charge in [-0.1, -0.05) is 35.5 Å². The zero-order valence-electron chi connectivity index (χ0n) is 9.49. The van der Waals surface area contributed by atoms with Crippen LogP contribution in [0.3, 0.4) is 0 Å². The van der Waals surface area contributed by atoms with Crippen LogP contribution in [0.2, 0.25) is 5.02 Å². The Morgan fingerprint density at radius 3 is 2.71 bits per heavy atom. The molecule has 0 aliphatic carbocycles. The molecule has 1 unspecified atom stereocenters. The van der Waals surface area contributed by atoms with Gasteiger partial charge in [-0.3, -0.25) is 4.79 Å². The van der Waals surface area contributed by atoms with E-state index in [0.717, 1.165) is 0 Å². The van der Waals surface area contributed by atoms with Gasteiger partial charge in [0, 0.05) is 5.56 Å². The number of thioether (sulfide) groups is 1. The maximum absolute atomic E-state index is 12.0. The lowest BCUT2D eigenvalue weighted by molar-refractivity contribution is -0.112. The number of carbonyl (C=O) groups excluding carboxylic acids is 1. The third-order valence-electron chi connectivity index (χ3n) is 2.61. The van der Waals surface area contributed by atoms with Crippen molar-refractivity contribution in [3.8, 4) is 5.75 Å². The van der Waals surface area contributed by atoms with E-state index >= 15 is 0 Å². The van der Waals surface area contributed by atoms with Gasteiger partial charge in [0.2, 0.25) is 0 Å². The number of rotatable bonds is 2. The molecule has 3 nitrogen and oxygen atoms in total. The first kappa shape index (κ1) is 12.3. The summed E-state index contributed by atoms with van der Waals surface area (Å²) in [5.41, 5.74) is 7.07. The molecule has 0 saturated heterocycles. The molecule has 0 aromatic heterocycles. The van der Waals surface area contributed by atoms with Gasteiger partial charge in [0.25, 0.3) is 0 Å². The summed E-state index contributed by atoms with van der Waals surface area (Å²) in [7, 11) is 1.53. The van der Waals surface area contributed by atoms with Gasteiger partial charge in [-0.05, 0) is 13.0 Å². The maximum Gasteiger partial charge on any atom is 0.179 e. The summed E-state index contributed by atoms with van der Waals surface area (Å²) in [6.45, 7) is 1.84. The number of hydrogen-bond acceptors (Lipinski definition) is 4. The Hall–Kier alpha value is -1.13. The van der Waals surface area contributed by atoms with E-state index in [1.165, 1.54) is 18.9 Å². The number of carbonyl (C=O) groups is 1. The van der Waals surface area contributed by atoms with E-state index < -0.39 is 0 Å². The van der Waals surface area contributed by atoms with Crippen molar-refractivity contribution in [2.75, 3.05) is 7.11 Å². The fourth-order valence-corrected chi connectivity index (χ4v) is 2.99. The zero-order valence-corrected chi connectivity index (χ0v) is 11.1. The van der Waals surface area contributed by atoms with E-state index in [1.54, 1.807) is 18.2 Å². The number of methoxy groups -OCH3 is 1. The van der Waals surface area contributed by atoms with Crippen LogP contribution >= 0.6 is 23.4 Å². The molecular weight excluding hydrogens is 258 g/mol. The normalized spacial score (nSPS) is 19.9. The number of Topliss-reactive ketones (excluding diaryl/α,β-unsaturated/α-hetero) is 1. The van der Waals surface area contributed by atoms with Crippen molar-refractivity contribution in [2.24, 2.45) is 5.73 Å². The van der Waals surface area contributed by atoms with Crippen molar-refractivity contribution in [1.82, 2.24) is 0 Å². The van der Waals surface area contributed by atoms with Crippen LogP contribution < -0.4 is 10.5 Å². The summed E-state index contributed by atoms with van der Waals surface area (Å²) >= 11 is 7.40. The highest BCUT2D eigenvalue weighted by atomic mass is 35.5. The highest BCUT2D eigenvalue weighted by Gasteiger charge is 2.32. The van der Waals surface area contributed by atoms with Crippen LogP contribution in [-0.4, -0.2) is 18.1 Å². The first-order chi connectivity index (χ1) is 8.06. The molecule has 5 heteroatoms. The molecule has 1 aromatic carbocycles. The molecule has 2 N–H and O–H groups in total. The Balaban J connectivity index is 2.59. The van der Waals surface area contributed by atoms with Crippen molar-refractivity contribution in [2.45, 2.75) is 12.2 Å². The predicted molar refractivity (Wildman–Crippen MR) is 71.2 cm³/mol. The quantitative estimate of drug-likeness (QED) is 0.897. The fourth-order valence-electron chi connectivity index (χ4n) is 1.81. The van der Waals surface area contributed by atoms with Crippen LogP contribution in [0, 0.1) is 0 Å². The summed E-state index contributed by atoms with van der Waals surface area (Å²) in [4.78, 5) is 12.0. The van der Waals surface area contributed by atoms with Crippen LogP contribution in [0.5, 0.6) is 5.75 Å². The van der Waals surface area contributed by atoms with E-state index in [9.17, 15) is 4.79 Å². The second kappa shape index (κ2) is 4.63. The fraction of sp³-hybridized carbons (Fsp3) is 0.250. The summed E-state index contributed by atoms with van der Waals surface area (Å²) in [6.07, 6.45) is 0. The average molecular weight is 270 g/mol. The number of ketones is 1. The number of para-hydroxylation sites is 1. The Morgan fingerprint density at radius 2 is 2.18 bits per heavy atom. The Kier molecular flexibility index (Phi) is 3.35. The van der Waals surface area contributed by atoms with E-state index in [1.807, 2.05) is 6.92 Å². The molecule has 0 spiro atoms. The van der Waals surface area contributed by atoms with Gasteiger partial charge in [0.05, 0.1) is 28.0 Å². The molecule has 0 radical (unpaired) electrons. The van der Waals surface area contributed by atoms with Crippen molar-refractivity contribution in [3.05, 3.63) is 33.8 Å². The summed E-state index contributed by atoms with van der Waals surface area (Å²) in [6, 6.07) is 5.29. The van der Waals surface area contributed by atoms with Crippen LogP contribution in [0.15, 0.2) is 23.2 Å². The van der Waals surface area contributed by atoms with Crippen LogP contribution in [0.1, 0.15) is 12.5 Å². The van der Waals surface area contributed by atoms with Gasteiger partial charge in [-0.2, -0.15) is 0 Å². The molecule has 2 rings (SSSR count). The topological polar surface area (TPSA) is 52.3 Å². The predicted octanol–water partition coefficient (Wildman–Crippen LogP) is 2.68. The maximum atomic E-state index is 12.0. The summed E-state index contributed by atoms with van der Waals surface area (Å²) < 4.78 is 5.24. The molecular formula is C12H12ClNO2S. The van der Waals surface area contributed by atoms with Gasteiger partial charge in [-0.15, -0.1) is 0 Å². The molecule has 0 saturated carbocycles. The number of nitrogens with two attached hydrogens (primary N) is 1. The third-order valence-corrected chi connectivity index (χ3v) is 3.93. The first-order valence-electron chi connectivity index (χ1n) is 5.09. The minimum absolute atomic E-state index is 0.0214. The minimum Gasteiger partial charge on any atom is -0.495 e. The van der Waals surface area contributed by atoms with Gasteiger partial charge >= 0.3 is 0 Å². The molecule has 0 fully saturated rings. The number of ether oxygens (including phenoxy) is 1. The van der Waals surface area contributed by atoms with Crippen LogP contribution in [0.25, 0.3) is 5.57 Å². The smallest absolute Gasteiger partial charge is 0.179 e. The second-order valence-electron chi connectivity index (χ2n) is 3.68. The second-order valence-corrected chi connectivity index (χ2v) is 5.47. The zero-order chi connectivity index (χ0) is 12.6. The standard InChI is InChI=1S/C12H12ClNO2S/c1-6-10(15)9(12(14)17-6)7-4-3-5-8(13)11(7)16-2/h3-6H,14H2,1-2H3. The van der Waals surface area contributed by atoms with Crippen LogP contribution in [0.4, 0.5) is 0 Å². The van der Waals surface area contributed by atoms with Crippen molar-refractivity contribution < 1.29 is 9.53 Å². The van der Waals surface area contributed by atoms with Gasteiger partial charge in [0.1, 0.15) is 5.75 Å². The number of halogens is 1. The molecule has 1 aromatic rings. The third kappa shape index (κ3) is 2.03. The van der Waals surface area contributed by atoms with Gasteiger partial charge in [0.15, 0.2) is 5.78 Å². The lowest BCUT2D eigenvalue weighted by Gasteiger charge is -2.10. The van der Waals surface area contributed by atoms with Crippen molar-refractivity contribution >= 4 is 34.7 Å². The highest BCUT2D eigenvalue weighted by molar-refractivity contribution is 8.05. The van der Waals surface area contributed by atoms with Crippen LogP contribution in [-0.2, 0) is 4.79 Å². The summed E-state index contributed by atoms with van der Waals surface area (Å²) in [5.74, 6) is 0.517. The van der Waals surface area contributed by atoms with E-state index in [0.29, 0.717) is 26.9 Å². The molecule has 0 amide bonds. The lowest BCUT2D eigenvalue weighted by Crippen LogP contribution is -2.09. The SMILES string of the molecule is COc1c(Cl)cccc1C1=C(N)SC(C)C1=O. The lowest BCUT2D eigenvalue weighted by atomic mass is 10.0. The molecule has 1 heterocycles. The monoisotopic (exact) mass is 269 g/mol. The largest absolute Gasteiger partial charge is 0.495 e. The summed E-state index contributed by atoms with van der Waals surface area (Å²) in [5, 5.41) is 0.861. The van der Waals surface area contributed by atoms with Crippen molar-refractivity contribution in [1.29, 1.82) is 0 Å². The molecule has 90 valence electrons. The average Bonchev–Trinajstić information content (AvgIpc) is 2.53. The first-order valence-corrected chi connectivity index (χ1v) is 6.35. The van der Waals surface area contributed by atoms with E-state index in [2.05, 4.69) is 0 Å².